The van der Waals surface area contributed by atoms with Crippen LogP contribution in [0.4, 0.5) is 5.82 Å². The van der Waals surface area contributed by atoms with E-state index in [0.717, 1.165) is 53.5 Å². The van der Waals surface area contributed by atoms with Crippen LogP contribution in [-0.2, 0) is 19.4 Å². The molecule has 1 heterocycles. The number of fused-ring (bicyclic) bond motifs is 1. The number of rotatable bonds is 6. The van der Waals surface area contributed by atoms with E-state index in [1.807, 2.05) is 65.3 Å². The molecule has 1 aromatic heterocycles. The highest BCUT2D eigenvalue weighted by Crippen LogP contribution is 2.36. The fraction of sp³-hybridized carbons (Fsp3) is 0.160. The summed E-state index contributed by atoms with van der Waals surface area (Å²) in [6.07, 6.45) is 3.09. The summed E-state index contributed by atoms with van der Waals surface area (Å²) < 4.78 is 8.01. The monoisotopic (exact) mass is 449 g/mol. The van der Waals surface area contributed by atoms with Crippen LogP contribution in [0.5, 0.6) is 11.5 Å². The third kappa shape index (κ3) is 4.01. The zero-order chi connectivity index (χ0) is 21.2. The number of hydrogen-bond donors (Lipinski definition) is 1. The molecule has 156 valence electrons. The van der Waals surface area contributed by atoms with Gasteiger partial charge in [-0.05, 0) is 49.6 Å². The van der Waals surface area contributed by atoms with E-state index in [0.29, 0.717) is 16.6 Å². The molecule has 0 atom stereocenters. The van der Waals surface area contributed by atoms with Crippen LogP contribution >= 0.6 is 23.2 Å². The molecular formula is C25H21Cl2N3O. The second kappa shape index (κ2) is 8.66. The molecular weight excluding hydrogens is 429 g/mol. The summed E-state index contributed by atoms with van der Waals surface area (Å²) in [4.78, 5) is 0. The minimum Gasteiger partial charge on any atom is -0.457 e. The number of nitrogens with one attached hydrogen (secondary N) is 1. The first-order valence-electron chi connectivity index (χ1n) is 10.3. The number of halogens is 2. The summed E-state index contributed by atoms with van der Waals surface area (Å²) in [7, 11) is 0. The predicted octanol–water partition coefficient (Wildman–Crippen LogP) is 7.07. The lowest BCUT2D eigenvalue weighted by molar-refractivity contribution is 0.477. The third-order valence-corrected chi connectivity index (χ3v) is 6.27. The standard InChI is InChI=1S/C25H21Cl2N3O/c26-20-12-7-14-22(24(20)27)30-25(19-11-6-13-21(19)29-30)28-16-17-8-4-5-15-23(17)31-18-9-2-1-3-10-18/h1-5,7-10,12,14-15,28H,6,11,13,16H2. The van der Waals surface area contributed by atoms with Crippen molar-refractivity contribution in [1.82, 2.24) is 9.78 Å². The van der Waals surface area contributed by atoms with Gasteiger partial charge in [0.1, 0.15) is 17.3 Å². The van der Waals surface area contributed by atoms with Crippen molar-refractivity contribution in [2.75, 3.05) is 5.32 Å². The highest BCUT2D eigenvalue weighted by molar-refractivity contribution is 6.43. The third-order valence-electron chi connectivity index (χ3n) is 5.46. The predicted molar refractivity (Wildman–Crippen MR) is 126 cm³/mol. The molecule has 31 heavy (non-hydrogen) atoms. The van der Waals surface area contributed by atoms with Crippen molar-refractivity contribution in [3.8, 4) is 17.2 Å². The molecule has 1 N–H and O–H groups in total. The van der Waals surface area contributed by atoms with Gasteiger partial charge in [-0.3, -0.25) is 0 Å². The fourth-order valence-electron chi connectivity index (χ4n) is 3.95. The Kier molecular flexibility index (Phi) is 5.58. The minimum atomic E-state index is 0.501. The number of para-hydroxylation sites is 2. The van der Waals surface area contributed by atoms with E-state index in [2.05, 4.69) is 11.4 Å². The maximum atomic E-state index is 6.51. The topological polar surface area (TPSA) is 39.1 Å². The van der Waals surface area contributed by atoms with Gasteiger partial charge in [-0.25, -0.2) is 4.68 Å². The van der Waals surface area contributed by atoms with E-state index >= 15 is 0 Å². The van der Waals surface area contributed by atoms with E-state index in [1.165, 1.54) is 5.56 Å². The molecule has 1 aliphatic rings. The fourth-order valence-corrected chi connectivity index (χ4v) is 4.32. The van der Waals surface area contributed by atoms with E-state index < -0.39 is 0 Å². The van der Waals surface area contributed by atoms with E-state index in [9.17, 15) is 0 Å². The van der Waals surface area contributed by atoms with Crippen molar-refractivity contribution in [2.45, 2.75) is 25.8 Å². The quantitative estimate of drug-likeness (QED) is 0.341. The van der Waals surface area contributed by atoms with Gasteiger partial charge in [0.2, 0.25) is 0 Å². The molecule has 3 aromatic carbocycles. The number of aryl methyl sites for hydroxylation is 1. The van der Waals surface area contributed by atoms with Crippen LogP contribution in [-0.4, -0.2) is 9.78 Å². The van der Waals surface area contributed by atoms with Gasteiger partial charge in [-0.2, -0.15) is 5.10 Å². The van der Waals surface area contributed by atoms with Gasteiger partial charge < -0.3 is 10.1 Å². The molecule has 0 aliphatic heterocycles. The van der Waals surface area contributed by atoms with Crippen molar-refractivity contribution in [3.63, 3.8) is 0 Å². The maximum absolute atomic E-state index is 6.51. The highest BCUT2D eigenvalue weighted by atomic mass is 35.5. The van der Waals surface area contributed by atoms with Crippen LogP contribution < -0.4 is 10.1 Å². The molecule has 4 nitrogen and oxygen atoms in total. The lowest BCUT2D eigenvalue weighted by Crippen LogP contribution is -2.09. The summed E-state index contributed by atoms with van der Waals surface area (Å²) in [5, 5.41) is 9.46. The number of anilines is 1. The van der Waals surface area contributed by atoms with Crippen molar-refractivity contribution in [2.24, 2.45) is 0 Å². The average molecular weight is 450 g/mol. The normalized spacial score (nSPS) is 12.6. The van der Waals surface area contributed by atoms with Gasteiger partial charge in [-0.1, -0.05) is 65.7 Å². The van der Waals surface area contributed by atoms with Crippen LogP contribution in [0.1, 0.15) is 23.2 Å². The molecule has 5 rings (SSSR count). The summed E-state index contributed by atoms with van der Waals surface area (Å²) >= 11 is 12.8. The van der Waals surface area contributed by atoms with Gasteiger partial charge in [0.15, 0.2) is 0 Å². The van der Waals surface area contributed by atoms with Gasteiger partial charge in [0, 0.05) is 17.7 Å². The van der Waals surface area contributed by atoms with Crippen LogP contribution in [0, 0.1) is 0 Å². The first-order chi connectivity index (χ1) is 15.2. The molecule has 0 saturated carbocycles. The number of aromatic nitrogens is 2. The van der Waals surface area contributed by atoms with Gasteiger partial charge in [-0.15, -0.1) is 0 Å². The SMILES string of the molecule is Clc1cccc(-n2nc3c(c2NCc2ccccc2Oc2ccccc2)CCC3)c1Cl. The molecule has 0 fully saturated rings. The zero-order valence-corrected chi connectivity index (χ0v) is 18.3. The molecule has 1 aliphatic carbocycles. The molecule has 0 amide bonds. The first-order valence-corrected chi connectivity index (χ1v) is 11.1. The van der Waals surface area contributed by atoms with Crippen molar-refractivity contribution >= 4 is 29.0 Å². The summed E-state index contributed by atoms with van der Waals surface area (Å²) in [5.74, 6) is 2.60. The number of nitrogens with zero attached hydrogens (tertiary/aromatic N) is 2. The molecule has 0 saturated heterocycles. The Hall–Kier alpha value is -2.95. The second-order valence-electron chi connectivity index (χ2n) is 7.49. The summed E-state index contributed by atoms with van der Waals surface area (Å²) in [6.45, 7) is 0.597. The van der Waals surface area contributed by atoms with E-state index in [4.69, 9.17) is 33.0 Å². The van der Waals surface area contributed by atoms with Gasteiger partial charge >= 0.3 is 0 Å². The van der Waals surface area contributed by atoms with Crippen molar-refractivity contribution in [3.05, 3.63) is 99.7 Å². The summed E-state index contributed by atoms with van der Waals surface area (Å²) in [5.41, 5.74) is 4.20. The maximum Gasteiger partial charge on any atom is 0.133 e. The lowest BCUT2D eigenvalue weighted by Gasteiger charge is -2.15. The first kappa shape index (κ1) is 20.0. The molecule has 6 heteroatoms. The smallest absolute Gasteiger partial charge is 0.133 e. The molecule has 0 unspecified atom stereocenters. The minimum absolute atomic E-state index is 0.501. The van der Waals surface area contributed by atoms with Crippen molar-refractivity contribution < 1.29 is 4.74 Å². The van der Waals surface area contributed by atoms with E-state index in [-0.39, 0.29) is 0 Å². The van der Waals surface area contributed by atoms with E-state index in [1.54, 1.807) is 6.07 Å². The second-order valence-corrected chi connectivity index (χ2v) is 8.27. The molecule has 0 radical (unpaired) electrons. The largest absolute Gasteiger partial charge is 0.457 e. The van der Waals surface area contributed by atoms with Crippen LogP contribution in [0.3, 0.4) is 0 Å². The Morgan fingerprint density at radius 3 is 2.58 bits per heavy atom. The zero-order valence-electron chi connectivity index (χ0n) is 16.8. The Morgan fingerprint density at radius 2 is 1.71 bits per heavy atom. The number of ether oxygens (including phenoxy) is 1. The Bertz CT molecular complexity index is 1220. The van der Waals surface area contributed by atoms with Crippen LogP contribution in [0.15, 0.2) is 72.8 Å². The van der Waals surface area contributed by atoms with Crippen molar-refractivity contribution in [1.29, 1.82) is 0 Å². The number of benzene rings is 3. The molecule has 0 spiro atoms. The Labute approximate surface area is 191 Å². The van der Waals surface area contributed by atoms with Crippen LogP contribution in [0.2, 0.25) is 10.0 Å². The molecule has 4 aromatic rings. The van der Waals surface area contributed by atoms with Gasteiger partial charge in [0.05, 0.1) is 21.4 Å². The molecule has 0 bridgehead atoms. The highest BCUT2D eigenvalue weighted by Gasteiger charge is 2.24. The Morgan fingerprint density at radius 1 is 0.903 bits per heavy atom. The van der Waals surface area contributed by atoms with Gasteiger partial charge in [0.25, 0.3) is 0 Å². The number of hydrogen-bond acceptors (Lipinski definition) is 3. The Balaban J connectivity index is 1.46. The lowest BCUT2D eigenvalue weighted by atomic mass is 10.2. The van der Waals surface area contributed by atoms with Crippen LogP contribution in [0.25, 0.3) is 5.69 Å². The average Bonchev–Trinajstić information content (AvgIpc) is 3.38. The summed E-state index contributed by atoms with van der Waals surface area (Å²) in [6, 6.07) is 23.5.